The van der Waals surface area contributed by atoms with Gasteiger partial charge in [0.1, 0.15) is 5.78 Å². The van der Waals surface area contributed by atoms with Crippen LogP contribution in [0.1, 0.15) is 44.9 Å². The van der Waals surface area contributed by atoms with Crippen molar-refractivity contribution in [3.05, 3.63) is 0 Å². The van der Waals surface area contributed by atoms with Gasteiger partial charge in [0.2, 0.25) is 6.29 Å². The lowest BCUT2D eigenvalue weighted by Gasteiger charge is -2.36. The Labute approximate surface area is 78.7 Å². The van der Waals surface area contributed by atoms with Crippen LogP contribution in [0.2, 0.25) is 0 Å². The first kappa shape index (κ1) is 8.92. The van der Waals surface area contributed by atoms with Crippen molar-refractivity contribution in [2.75, 3.05) is 0 Å². The third-order valence-corrected chi connectivity index (χ3v) is 3.60. The van der Waals surface area contributed by atoms with Crippen LogP contribution in [0.5, 0.6) is 0 Å². The third-order valence-electron chi connectivity index (χ3n) is 3.60. The first-order valence-corrected chi connectivity index (χ1v) is 5.22. The van der Waals surface area contributed by atoms with Gasteiger partial charge < -0.3 is 0 Å². The lowest BCUT2D eigenvalue weighted by molar-refractivity contribution is -0.132. The quantitative estimate of drug-likeness (QED) is 0.621. The van der Waals surface area contributed by atoms with E-state index in [-0.39, 0.29) is 11.7 Å². The number of rotatable bonds is 3. The van der Waals surface area contributed by atoms with E-state index in [0.29, 0.717) is 0 Å². The number of hydrogen-bond donors (Lipinski definition) is 0. The van der Waals surface area contributed by atoms with Crippen molar-refractivity contribution in [1.82, 2.24) is 0 Å². The van der Waals surface area contributed by atoms with Crippen LogP contribution in [-0.2, 0) is 9.59 Å². The summed E-state index contributed by atoms with van der Waals surface area (Å²) in [6.45, 7) is 0. The molecule has 0 aromatic heterocycles. The average molecular weight is 179 g/mol. The average Bonchev–Trinajstić information content (AvgIpc) is 2.54. The van der Waals surface area contributed by atoms with Gasteiger partial charge in [-0.15, -0.1) is 0 Å². The molecule has 2 aliphatic carbocycles. The molecule has 2 saturated carbocycles. The number of hydrogen-bond acceptors (Lipinski definition) is 2. The summed E-state index contributed by atoms with van der Waals surface area (Å²) in [4.78, 5) is 22.7. The Kier molecular flexibility index (Phi) is 2.22. The molecular weight excluding hydrogens is 164 g/mol. The van der Waals surface area contributed by atoms with E-state index in [1.807, 2.05) is 6.29 Å². The van der Waals surface area contributed by atoms with Crippen LogP contribution >= 0.6 is 0 Å². The largest absolute Gasteiger partial charge is 0.298 e. The fourth-order valence-electron chi connectivity index (χ4n) is 2.51. The molecular formula is C11H15O2. The molecule has 2 aliphatic rings. The molecule has 0 N–H and O–H groups in total. The van der Waals surface area contributed by atoms with Crippen LogP contribution in [0.4, 0.5) is 0 Å². The molecule has 0 unspecified atom stereocenters. The SMILES string of the molecule is O=[C]C1(C(=O)C2CCCC2)CCC1. The molecule has 0 saturated heterocycles. The van der Waals surface area contributed by atoms with E-state index >= 15 is 0 Å². The van der Waals surface area contributed by atoms with Crippen molar-refractivity contribution in [3.63, 3.8) is 0 Å². The van der Waals surface area contributed by atoms with Gasteiger partial charge >= 0.3 is 0 Å². The monoisotopic (exact) mass is 179 g/mol. The molecule has 2 fully saturated rings. The molecule has 1 radical (unpaired) electrons. The Morgan fingerprint density at radius 2 is 1.77 bits per heavy atom. The number of carbonyl (C=O) groups excluding carboxylic acids is 2. The molecule has 0 bridgehead atoms. The summed E-state index contributed by atoms with van der Waals surface area (Å²) in [5, 5.41) is 0. The summed E-state index contributed by atoms with van der Waals surface area (Å²) in [6.07, 6.45) is 8.85. The first-order valence-electron chi connectivity index (χ1n) is 5.22. The molecule has 0 heterocycles. The topological polar surface area (TPSA) is 34.1 Å². The van der Waals surface area contributed by atoms with Gasteiger partial charge in [0.05, 0.1) is 5.41 Å². The Morgan fingerprint density at radius 1 is 1.15 bits per heavy atom. The van der Waals surface area contributed by atoms with Gasteiger partial charge in [0.25, 0.3) is 0 Å². The highest BCUT2D eigenvalue weighted by Gasteiger charge is 2.47. The fraction of sp³-hybridized carbons (Fsp3) is 0.818. The Hall–Kier alpha value is -0.660. The van der Waals surface area contributed by atoms with E-state index in [9.17, 15) is 9.59 Å². The molecule has 71 valence electrons. The molecule has 2 nitrogen and oxygen atoms in total. The van der Waals surface area contributed by atoms with Crippen molar-refractivity contribution in [3.8, 4) is 0 Å². The lowest BCUT2D eigenvalue weighted by Crippen LogP contribution is -2.42. The predicted octanol–water partition coefficient (Wildman–Crippen LogP) is 2.03. The molecule has 0 aromatic rings. The summed E-state index contributed by atoms with van der Waals surface area (Å²) >= 11 is 0. The Morgan fingerprint density at radius 3 is 2.15 bits per heavy atom. The molecule has 0 amide bonds. The smallest absolute Gasteiger partial charge is 0.212 e. The maximum Gasteiger partial charge on any atom is 0.212 e. The van der Waals surface area contributed by atoms with Crippen LogP contribution in [0.3, 0.4) is 0 Å². The highest BCUT2D eigenvalue weighted by atomic mass is 16.1. The second kappa shape index (κ2) is 3.24. The zero-order valence-corrected chi connectivity index (χ0v) is 7.84. The van der Waals surface area contributed by atoms with E-state index < -0.39 is 5.41 Å². The zero-order valence-electron chi connectivity index (χ0n) is 7.84. The molecule has 13 heavy (non-hydrogen) atoms. The minimum absolute atomic E-state index is 0.182. The maximum absolute atomic E-state index is 11.9. The standard InChI is InChI=1S/C11H15O2/c12-8-11(6-3-7-11)10(13)9-4-1-2-5-9/h9H,1-7H2. The van der Waals surface area contributed by atoms with Crippen LogP contribution in [0.25, 0.3) is 0 Å². The van der Waals surface area contributed by atoms with Gasteiger partial charge in [-0.1, -0.05) is 19.3 Å². The number of Topliss-reactive ketones (excluding diaryl/α,β-unsaturated/α-hetero) is 1. The van der Waals surface area contributed by atoms with Crippen molar-refractivity contribution < 1.29 is 9.59 Å². The molecule has 0 spiro atoms. The van der Waals surface area contributed by atoms with Crippen molar-refractivity contribution in [1.29, 1.82) is 0 Å². The highest BCUT2D eigenvalue weighted by molar-refractivity contribution is 6.00. The third kappa shape index (κ3) is 1.32. The maximum atomic E-state index is 11.9. The van der Waals surface area contributed by atoms with E-state index in [1.165, 1.54) is 0 Å². The molecule has 2 heteroatoms. The summed E-state index contributed by atoms with van der Waals surface area (Å²) in [7, 11) is 0. The zero-order chi connectivity index (χ0) is 9.31. The summed E-state index contributed by atoms with van der Waals surface area (Å²) in [6, 6.07) is 0. The van der Waals surface area contributed by atoms with Crippen molar-refractivity contribution in [2.45, 2.75) is 44.9 Å². The van der Waals surface area contributed by atoms with Crippen molar-refractivity contribution >= 4 is 12.1 Å². The van der Waals surface area contributed by atoms with Gasteiger partial charge in [-0.2, -0.15) is 0 Å². The predicted molar refractivity (Wildman–Crippen MR) is 48.9 cm³/mol. The minimum Gasteiger partial charge on any atom is -0.298 e. The van der Waals surface area contributed by atoms with Crippen LogP contribution in [-0.4, -0.2) is 12.1 Å². The summed E-state index contributed by atoms with van der Waals surface area (Å²) < 4.78 is 0. The van der Waals surface area contributed by atoms with Crippen LogP contribution in [0, 0.1) is 11.3 Å². The minimum atomic E-state index is -0.658. The van der Waals surface area contributed by atoms with E-state index in [4.69, 9.17) is 0 Å². The Balaban J connectivity index is 2.05. The second-order valence-corrected chi connectivity index (χ2v) is 4.38. The van der Waals surface area contributed by atoms with Crippen LogP contribution < -0.4 is 0 Å². The number of carbonyl (C=O) groups is 1. The van der Waals surface area contributed by atoms with E-state index in [0.717, 1.165) is 44.9 Å². The highest BCUT2D eigenvalue weighted by Crippen LogP contribution is 2.44. The van der Waals surface area contributed by atoms with Gasteiger partial charge in [-0.05, 0) is 25.7 Å². The van der Waals surface area contributed by atoms with E-state index in [1.54, 1.807) is 0 Å². The van der Waals surface area contributed by atoms with Crippen molar-refractivity contribution in [2.24, 2.45) is 11.3 Å². The second-order valence-electron chi connectivity index (χ2n) is 4.38. The fourth-order valence-corrected chi connectivity index (χ4v) is 2.51. The lowest BCUT2D eigenvalue weighted by atomic mass is 9.64. The Bertz CT molecular complexity index is 222. The van der Waals surface area contributed by atoms with E-state index in [2.05, 4.69) is 0 Å². The molecule has 0 aromatic carbocycles. The molecule has 0 aliphatic heterocycles. The number of ketones is 1. The molecule has 2 rings (SSSR count). The van der Waals surface area contributed by atoms with Gasteiger partial charge in [0, 0.05) is 5.92 Å². The van der Waals surface area contributed by atoms with Crippen LogP contribution in [0.15, 0.2) is 0 Å². The molecule has 0 atom stereocenters. The van der Waals surface area contributed by atoms with Gasteiger partial charge in [-0.3, -0.25) is 9.59 Å². The normalized spacial score (nSPS) is 26.8. The first-order chi connectivity index (χ1) is 6.28. The van der Waals surface area contributed by atoms with Gasteiger partial charge in [0.15, 0.2) is 0 Å². The van der Waals surface area contributed by atoms with Gasteiger partial charge in [-0.25, -0.2) is 0 Å². The summed E-state index contributed by atoms with van der Waals surface area (Å²) in [5.74, 6) is 0.382. The summed E-state index contributed by atoms with van der Waals surface area (Å²) in [5.41, 5.74) is -0.658.